The Hall–Kier alpha value is -0.730. The Morgan fingerprint density at radius 2 is 2.00 bits per heavy atom. The number of benzene rings is 1. The zero-order chi connectivity index (χ0) is 14.7. The predicted octanol–water partition coefficient (Wildman–Crippen LogP) is 4.33. The Kier molecular flexibility index (Phi) is 4.75. The summed E-state index contributed by atoms with van der Waals surface area (Å²) in [6.45, 7) is 4.20. The molecule has 1 N–H and O–H groups in total. The molecule has 3 rings (SSSR count). The Morgan fingerprint density at radius 3 is 2.76 bits per heavy atom. The normalized spacial score (nSPS) is 32.3. The average Bonchev–Trinajstić information content (AvgIpc) is 2.55. The number of halogens is 1. The van der Waals surface area contributed by atoms with Gasteiger partial charge in [-0.15, -0.1) is 11.6 Å². The second-order valence-electron chi connectivity index (χ2n) is 6.85. The van der Waals surface area contributed by atoms with Gasteiger partial charge in [0.15, 0.2) is 0 Å². The Balaban J connectivity index is 1.65. The quantitative estimate of drug-likeness (QED) is 0.836. The average molecular weight is 308 g/mol. The lowest BCUT2D eigenvalue weighted by Gasteiger charge is -2.40. The van der Waals surface area contributed by atoms with Crippen LogP contribution < -0.4 is 10.1 Å². The highest BCUT2D eigenvalue weighted by Crippen LogP contribution is 2.36. The molecule has 0 saturated heterocycles. The lowest BCUT2D eigenvalue weighted by Crippen LogP contribution is -2.51. The van der Waals surface area contributed by atoms with Gasteiger partial charge < -0.3 is 10.1 Å². The second-order valence-corrected chi connectivity index (χ2v) is 7.12. The summed E-state index contributed by atoms with van der Waals surface area (Å²) in [4.78, 5) is 0. The maximum absolute atomic E-state index is 6.32. The monoisotopic (exact) mass is 307 g/mol. The van der Waals surface area contributed by atoms with Gasteiger partial charge in [-0.05, 0) is 49.7 Å². The summed E-state index contributed by atoms with van der Waals surface area (Å²) in [6, 6.07) is 8.45. The van der Waals surface area contributed by atoms with Crippen molar-refractivity contribution in [3.8, 4) is 5.75 Å². The van der Waals surface area contributed by atoms with Crippen molar-refractivity contribution in [1.29, 1.82) is 0 Å². The predicted molar refractivity (Wildman–Crippen MR) is 88.4 cm³/mol. The molecule has 1 heterocycles. The number of hydrogen-bond donors (Lipinski definition) is 1. The second kappa shape index (κ2) is 6.58. The minimum Gasteiger partial charge on any atom is -0.493 e. The molecule has 1 aromatic rings. The Bertz CT molecular complexity index is 468. The summed E-state index contributed by atoms with van der Waals surface area (Å²) < 4.78 is 5.76. The first-order chi connectivity index (χ1) is 10.2. The largest absolute Gasteiger partial charge is 0.493 e. The fourth-order valence-electron chi connectivity index (χ4n) is 3.64. The number of fused-ring (bicyclic) bond motifs is 1. The minimum atomic E-state index is 0.154. The highest BCUT2D eigenvalue weighted by molar-refractivity contribution is 6.18. The zero-order valence-electron chi connectivity index (χ0n) is 12.9. The van der Waals surface area contributed by atoms with E-state index in [0.29, 0.717) is 5.92 Å². The van der Waals surface area contributed by atoms with Crippen LogP contribution in [-0.2, 0) is 0 Å². The van der Waals surface area contributed by atoms with Crippen molar-refractivity contribution in [1.82, 2.24) is 5.32 Å². The fraction of sp³-hybridized carbons (Fsp3) is 0.667. The number of para-hydroxylation sites is 1. The molecule has 2 aliphatic rings. The summed E-state index contributed by atoms with van der Waals surface area (Å²) in [5.74, 6) is 3.19. The van der Waals surface area contributed by atoms with Crippen molar-refractivity contribution in [2.75, 3.05) is 19.0 Å². The van der Waals surface area contributed by atoms with Crippen molar-refractivity contribution in [3.05, 3.63) is 29.8 Å². The molecule has 0 aromatic heterocycles. The SMILES string of the molecule is CC1CCC(CCl)(NCC2CCOc3ccccc32)CC1. The number of ether oxygens (including phenoxy) is 1. The number of rotatable bonds is 4. The number of nitrogens with one attached hydrogen (secondary N) is 1. The number of hydrogen-bond acceptors (Lipinski definition) is 2. The van der Waals surface area contributed by atoms with Crippen molar-refractivity contribution < 1.29 is 4.74 Å². The molecule has 1 aliphatic carbocycles. The lowest BCUT2D eigenvalue weighted by atomic mass is 9.78. The van der Waals surface area contributed by atoms with Crippen LogP contribution in [-0.4, -0.2) is 24.6 Å². The summed E-state index contributed by atoms with van der Waals surface area (Å²) in [5, 5.41) is 3.83. The molecular weight excluding hydrogens is 282 g/mol. The van der Waals surface area contributed by atoms with Crippen LogP contribution in [0.2, 0.25) is 0 Å². The molecule has 21 heavy (non-hydrogen) atoms. The molecule has 1 fully saturated rings. The van der Waals surface area contributed by atoms with Gasteiger partial charge in [-0.25, -0.2) is 0 Å². The molecule has 1 unspecified atom stereocenters. The molecule has 0 radical (unpaired) electrons. The first-order valence-corrected chi connectivity index (χ1v) is 8.79. The first kappa shape index (κ1) is 15.2. The van der Waals surface area contributed by atoms with E-state index < -0.39 is 0 Å². The molecule has 1 aliphatic heterocycles. The summed E-state index contributed by atoms with van der Waals surface area (Å²) in [6.07, 6.45) is 6.11. The van der Waals surface area contributed by atoms with Gasteiger partial charge in [-0.3, -0.25) is 0 Å². The van der Waals surface area contributed by atoms with Gasteiger partial charge >= 0.3 is 0 Å². The van der Waals surface area contributed by atoms with Crippen molar-refractivity contribution in [2.24, 2.45) is 5.92 Å². The maximum atomic E-state index is 6.32. The van der Waals surface area contributed by atoms with Crippen LogP contribution in [0.3, 0.4) is 0 Å². The Morgan fingerprint density at radius 1 is 1.24 bits per heavy atom. The van der Waals surface area contributed by atoms with Crippen LogP contribution >= 0.6 is 11.6 Å². The molecule has 1 aromatic carbocycles. The van der Waals surface area contributed by atoms with Crippen molar-refractivity contribution in [3.63, 3.8) is 0 Å². The topological polar surface area (TPSA) is 21.3 Å². The smallest absolute Gasteiger partial charge is 0.122 e. The highest BCUT2D eigenvalue weighted by atomic mass is 35.5. The van der Waals surface area contributed by atoms with E-state index >= 15 is 0 Å². The molecule has 1 saturated carbocycles. The molecule has 116 valence electrons. The standard InChI is InChI=1S/C18H26ClNO/c1-14-6-9-18(13-19,10-7-14)20-12-15-8-11-21-17-5-3-2-4-16(15)17/h2-5,14-15,20H,6-13H2,1H3. The van der Waals surface area contributed by atoms with E-state index in [4.69, 9.17) is 16.3 Å². The van der Waals surface area contributed by atoms with E-state index in [0.717, 1.165) is 37.1 Å². The molecule has 0 amide bonds. The van der Waals surface area contributed by atoms with Gasteiger partial charge in [0.2, 0.25) is 0 Å². The maximum Gasteiger partial charge on any atom is 0.122 e. The Labute approximate surface area is 133 Å². The lowest BCUT2D eigenvalue weighted by molar-refractivity contribution is 0.203. The molecule has 0 bridgehead atoms. The molecule has 0 spiro atoms. The van der Waals surface area contributed by atoms with Crippen LogP contribution in [0, 0.1) is 5.92 Å². The highest BCUT2D eigenvalue weighted by Gasteiger charge is 2.34. The van der Waals surface area contributed by atoms with Crippen LogP contribution in [0.15, 0.2) is 24.3 Å². The van der Waals surface area contributed by atoms with Gasteiger partial charge in [0.1, 0.15) is 5.75 Å². The third kappa shape index (κ3) is 3.37. The van der Waals surface area contributed by atoms with Crippen LogP contribution in [0.4, 0.5) is 0 Å². The van der Waals surface area contributed by atoms with Gasteiger partial charge in [0.25, 0.3) is 0 Å². The first-order valence-electron chi connectivity index (χ1n) is 8.25. The van der Waals surface area contributed by atoms with E-state index in [9.17, 15) is 0 Å². The van der Waals surface area contributed by atoms with Gasteiger partial charge in [-0.2, -0.15) is 0 Å². The van der Waals surface area contributed by atoms with Crippen LogP contribution in [0.1, 0.15) is 50.5 Å². The summed E-state index contributed by atoms with van der Waals surface area (Å²) in [5.41, 5.74) is 1.51. The van der Waals surface area contributed by atoms with E-state index in [-0.39, 0.29) is 5.54 Å². The van der Waals surface area contributed by atoms with E-state index in [1.165, 1.54) is 31.2 Å². The molecule has 3 heteroatoms. The summed E-state index contributed by atoms with van der Waals surface area (Å²) >= 11 is 6.32. The van der Waals surface area contributed by atoms with E-state index in [1.54, 1.807) is 0 Å². The van der Waals surface area contributed by atoms with Crippen molar-refractivity contribution >= 4 is 11.6 Å². The molecular formula is C18H26ClNO. The van der Waals surface area contributed by atoms with E-state index in [2.05, 4.69) is 36.5 Å². The van der Waals surface area contributed by atoms with Gasteiger partial charge in [-0.1, -0.05) is 25.1 Å². The third-order valence-corrected chi connectivity index (χ3v) is 5.80. The van der Waals surface area contributed by atoms with E-state index in [1.807, 2.05) is 0 Å². The minimum absolute atomic E-state index is 0.154. The van der Waals surface area contributed by atoms with Crippen LogP contribution in [0.25, 0.3) is 0 Å². The van der Waals surface area contributed by atoms with Gasteiger partial charge in [0, 0.05) is 23.9 Å². The van der Waals surface area contributed by atoms with Gasteiger partial charge in [0.05, 0.1) is 6.61 Å². The van der Waals surface area contributed by atoms with Crippen molar-refractivity contribution in [2.45, 2.75) is 50.5 Å². The van der Waals surface area contributed by atoms with Crippen LogP contribution in [0.5, 0.6) is 5.75 Å². The fourth-order valence-corrected chi connectivity index (χ4v) is 4.00. The molecule has 2 nitrogen and oxygen atoms in total. The number of alkyl halides is 1. The molecule has 1 atom stereocenters. The zero-order valence-corrected chi connectivity index (χ0v) is 13.7. The third-order valence-electron chi connectivity index (χ3n) is 5.29. The summed E-state index contributed by atoms with van der Waals surface area (Å²) in [7, 11) is 0.